The molecule has 15 heavy (non-hydrogen) atoms. The molecule has 4 heteroatoms. The smallest absolute Gasteiger partial charge is 0.250 e. The Kier molecular flexibility index (Phi) is 3.85. The average molecular weight is 212 g/mol. The highest BCUT2D eigenvalue weighted by Crippen LogP contribution is 2.20. The van der Waals surface area contributed by atoms with E-state index in [1.807, 2.05) is 13.8 Å². The first-order valence-electron chi connectivity index (χ1n) is 5.51. The van der Waals surface area contributed by atoms with Crippen LogP contribution in [0.4, 0.5) is 0 Å². The maximum absolute atomic E-state index is 11.6. The maximum Gasteiger partial charge on any atom is 0.250 e. The van der Waals surface area contributed by atoms with Gasteiger partial charge in [-0.25, -0.2) is 0 Å². The fourth-order valence-corrected chi connectivity index (χ4v) is 1.59. The molecule has 1 aliphatic rings. The summed E-state index contributed by atoms with van der Waals surface area (Å²) < 4.78 is 5.40. The second-order valence-electron chi connectivity index (χ2n) is 4.06. The highest BCUT2D eigenvalue weighted by Gasteiger charge is 2.36. The van der Waals surface area contributed by atoms with Crippen LogP contribution in [0, 0.1) is 0 Å². The van der Waals surface area contributed by atoms with Crippen LogP contribution in [0.2, 0.25) is 0 Å². The van der Waals surface area contributed by atoms with Gasteiger partial charge in [-0.1, -0.05) is 20.3 Å². The first-order chi connectivity index (χ1) is 7.07. The molecule has 2 atom stereocenters. The first kappa shape index (κ1) is 12.2. The van der Waals surface area contributed by atoms with Gasteiger partial charge >= 0.3 is 0 Å². The van der Waals surface area contributed by atoms with Gasteiger partial charge in [0.25, 0.3) is 0 Å². The number of nitrogens with one attached hydrogen (secondary N) is 1. The van der Waals surface area contributed by atoms with Crippen molar-refractivity contribution in [3.05, 3.63) is 0 Å². The predicted molar refractivity (Wildman–Crippen MR) is 60.0 cm³/mol. The van der Waals surface area contributed by atoms with Crippen LogP contribution in [0.5, 0.6) is 0 Å². The van der Waals surface area contributed by atoms with E-state index in [1.165, 1.54) is 0 Å². The van der Waals surface area contributed by atoms with E-state index >= 15 is 0 Å². The third kappa shape index (κ3) is 2.37. The van der Waals surface area contributed by atoms with Crippen LogP contribution in [-0.2, 0) is 9.53 Å². The van der Waals surface area contributed by atoms with Crippen LogP contribution in [0.1, 0.15) is 40.0 Å². The summed E-state index contributed by atoms with van der Waals surface area (Å²) >= 11 is 0. The lowest BCUT2D eigenvalue weighted by Gasteiger charge is -2.26. The molecule has 0 fully saturated rings. The zero-order valence-electron chi connectivity index (χ0n) is 9.96. The summed E-state index contributed by atoms with van der Waals surface area (Å²) in [6.07, 6.45) is 2.56. The minimum atomic E-state index is -0.460. The number of carbonyl (C=O) groups excluding carboxylic acids is 1. The van der Waals surface area contributed by atoms with Gasteiger partial charge in [-0.2, -0.15) is 0 Å². The van der Waals surface area contributed by atoms with Crippen LogP contribution in [-0.4, -0.2) is 30.5 Å². The van der Waals surface area contributed by atoms with Gasteiger partial charge < -0.3 is 10.1 Å². The number of carbonyl (C=O) groups is 1. The lowest BCUT2D eigenvalue weighted by molar-refractivity contribution is -0.120. The van der Waals surface area contributed by atoms with Gasteiger partial charge in [0.15, 0.2) is 0 Å². The Bertz CT molecular complexity index is 270. The van der Waals surface area contributed by atoms with Gasteiger partial charge in [-0.3, -0.25) is 9.79 Å². The number of ether oxygens (including phenoxy) is 1. The molecule has 0 spiro atoms. The number of amidine groups is 1. The molecule has 1 amide bonds. The second kappa shape index (κ2) is 4.75. The number of methoxy groups -OCH3 is 1. The van der Waals surface area contributed by atoms with Gasteiger partial charge in [0.1, 0.15) is 17.5 Å². The third-order valence-corrected chi connectivity index (χ3v) is 3.02. The van der Waals surface area contributed by atoms with Crippen molar-refractivity contribution in [1.29, 1.82) is 0 Å². The highest BCUT2D eigenvalue weighted by atomic mass is 16.5. The molecule has 0 saturated carbocycles. The quantitative estimate of drug-likeness (QED) is 0.750. The summed E-state index contributed by atoms with van der Waals surface area (Å²) in [7, 11) is 1.64. The fourth-order valence-electron chi connectivity index (χ4n) is 1.59. The number of aliphatic imine (C=N–C) groups is 1. The molecule has 0 aliphatic carbocycles. The second-order valence-corrected chi connectivity index (χ2v) is 4.06. The molecular weight excluding hydrogens is 192 g/mol. The lowest BCUT2D eigenvalue weighted by atomic mass is 10.0. The Morgan fingerprint density at radius 1 is 1.53 bits per heavy atom. The van der Waals surface area contributed by atoms with Crippen molar-refractivity contribution in [2.45, 2.75) is 51.7 Å². The molecule has 2 unspecified atom stereocenters. The Balaban J connectivity index is 2.80. The molecule has 1 heterocycles. The van der Waals surface area contributed by atoms with Gasteiger partial charge in [-0.05, 0) is 19.8 Å². The summed E-state index contributed by atoms with van der Waals surface area (Å²) in [5.41, 5.74) is -0.460. The van der Waals surface area contributed by atoms with Crippen molar-refractivity contribution in [3.8, 4) is 0 Å². The fraction of sp³-hybridized carbons (Fsp3) is 0.818. The minimum absolute atomic E-state index is 0.00331. The van der Waals surface area contributed by atoms with E-state index in [0.29, 0.717) is 5.84 Å². The third-order valence-electron chi connectivity index (χ3n) is 3.02. The van der Waals surface area contributed by atoms with Crippen LogP contribution < -0.4 is 5.32 Å². The molecule has 0 bridgehead atoms. The number of hydrogen-bond acceptors (Lipinski definition) is 3. The topological polar surface area (TPSA) is 50.7 Å². The van der Waals surface area contributed by atoms with Crippen LogP contribution >= 0.6 is 0 Å². The number of hydrogen-bond donors (Lipinski definition) is 1. The van der Waals surface area contributed by atoms with Crippen molar-refractivity contribution < 1.29 is 9.53 Å². The molecule has 1 rings (SSSR count). The molecule has 1 N–H and O–H groups in total. The van der Waals surface area contributed by atoms with E-state index < -0.39 is 5.60 Å². The zero-order chi connectivity index (χ0) is 11.5. The Morgan fingerprint density at radius 2 is 2.20 bits per heavy atom. The lowest BCUT2D eigenvalue weighted by Crippen LogP contribution is -2.45. The average Bonchev–Trinajstić information content (AvgIpc) is 2.60. The zero-order valence-corrected chi connectivity index (χ0v) is 9.96. The molecule has 0 aromatic carbocycles. The van der Waals surface area contributed by atoms with Crippen molar-refractivity contribution >= 4 is 11.7 Å². The largest absolute Gasteiger partial charge is 0.371 e. The SMILES string of the molecule is CCCC1N=C(C(C)(CC)OC)NC1=O. The van der Waals surface area contributed by atoms with Crippen LogP contribution in [0.3, 0.4) is 0 Å². The maximum atomic E-state index is 11.6. The summed E-state index contributed by atoms with van der Waals surface area (Å²) in [6, 6.07) is -0.217. The Labute approximate surface area is 91.1 Å². The van der Waals surface area contributed by atoms with Crippen LogP contribution in [0.25, 0.3) is 0 Å². The number of nitrogens with zero attached hydrogens (tertiary/aromatic N) is 1. The summed E-state index contributed by atoms with van der Waals surface area (Å²) in [5.74, 6) is 0.680. The molecule has 0 aromatic heterocycles. The normalized spacial score (nSPS) is 24.7. The van der Waals surface area contributed by atoms with Gasteiger partial charge in [-0.15, -0.1) is 0 Å². The van der Waals surface area contributed by atoms with Crippen molar-refractivity contribution in [2.75, 3.05) is 7.11 Å². The standard InChI is InChI=1S/C11H20N2O2/c1-5-7-8-9(14)13-10(12-8)11(3,6-2)15-4/h8H,5-7H2,1-4H3,(H,12,13,14). The molecule has 86 valence electrons. The molecule has 0 radical (unpaired) electrons. The summed E-state index contributed by atoms with van der Waals surface area (Å²) in [5, 5.41) is 2.82. The molecule has 0 aromatic rings. The molecule has 4 nitrogen and oxygen atoms in total. The van der Waals surface area contributed by atoms with E-state index in [0.717, 1.165) is 19.3 Å². The molecule has 0 saturated heterocycles. The van der Waals surface area contributed by atoms with Gasteiger partial charge in [0.05, 0.1) is 0 Å². The monoisotopic (exact) mass is 212 g/mol. The van der Waals surface area contributed by atoms with E-state index in [1.54, 1.807) is 7.11 Å². The van der Waals surface area contributed by atoms with Gasteiger partial charge in [0.2, 0.25) is 5.91 Å². The van der Waals surface area contributed by atoms with Crippen molar-refractivity contribution in [2.24, 2.45) is 4.99 Å². The summed E-state index contributed by atoms with van der Waals surface area (Å²) in [6.45, 7) is 6.02. The predicted octanol–water partition coefficient (Wildman–Crippen LogP) is 1.50. The first-order valence-corrected chi connectivity index (χ1v) is 5.51. The van der Waals surface area contributed by atoms with Crippen molar-refractivity contribution in [1.82, 2.24) is 5.32 Å². The molecule has 1 aliphatic heterocycles. The van der Waals surface area contributed by atoms with Crippen molar-refractivity contribution in [3.63, 3.8) is 0 Å². The highest BCUT2D eigenvalue weighted by molar-refractivity contribution is 6.09. The summed E-state index contributed by atoms with van der Waals surface area (Å²) in [4.78, 5) is 16.0. The van der Waals surface area contributed by atoms with E-state index in [2.05, 4.69) is 17.2 Å². The van der Waals surface area contributed by atoms with Gasteiger partial charge in [0, 0.05) is 7.11 Å². The Morgan fingerprint density at radius 3 is 2.67 bits per heavy atom. The minimum Gasteiger partial charge on any atom is -0.371 e. The molecular formula is C11H20N2O2. The number of amides is 1. The van der Waals surface area contributed by atoms with E-state index in [9.17, 15) is 4.79 Å². The van der Waals surface area contributed by atoms with E-state index in [-0.39, 0.29) is 11.9 Å². The van der Waals surface area contributed by atoms with E-state index in [4.69, 9.17) is 4.74 Å². The Hall–Kier alpha value is -0.900. The number of rotatable bonds is 5. The van der Waals surface area contributed by atoms with Crippen LogP contribution in [0.15, 0.2) is 4.99 Å².